The fourth-order valence-electron chi connectivity index (χ4n) is 1.19. The Hall–Kier alpha value is -2.24. The molecule has 0 atom stereocenters. The second-order valence-corrected chi connectivity index (χ2v) is 3.00. The standard InChI is InChI=1S/C9H8N4O2/c1-13-4-6(3-12-13)7-2-8(9(14)15)11-5-10-7/h2-5H,1H3,(H,14,15). The first-order valence-electron chi connectivity index (χ1n) is 4.21. The SMILES string of the molecule is Cn1cc(-c2cc(C(=O)O)ncn2)cn1. The number of rotatable bonds is 2. The Morgan fingerprint density at radius 2 is 2.27 bits per heavy atom. The zero-order valence-corrected chi connectivity index (χ0v) is 7.95. The predicted molar refractivity (Wildman–Crippen MR) is 51.2 cm³/mol. The van der Waals surface area contributed by atoms with Gasteiger partial charge in [0.2, 0.25) is 0 Å². The van der Waals surface area contributed by atoms with Crippen molar-refractivity contribution in [1.29, 1.82) is 0 Å². The summed E-state index contributed by atoms with van der Waals surface area (Å²) in [7, 11) is 1.78. The molecule has 0 aliphatic heterocycles. The molecule has 0 radical (unpaired) electrons. The van der Waals surface area contributed by atoms with Gasteiger partial charge in [-0.15, -0.1) is 0 Å². The topological polar surface area (TPSA) is 80.9 Å². The lowest BCUT2D eigenvalue weighted by atomic mass is 10.2. The molecular weight excluding hydrogens is 196 g/mol. The van der Waals surface area contributed by atoms with Gasteiger partial charge in [0.05, 0.1) is 11.9 Å². The van der Waals surface area contributed by atoms with E-state index in [1.54, 1.807) is 24.1 Å². The fourth-order valence-corrected chi connectivity index (χ4v) is 1.19. The molecule has 2 aromatic heterocycles. The lowest BCUT2D eigenvalue weighted by molar-refractivity contribution is 0.0690. The third-order valence-electron chi connectivity index (χ3n) is 1.89. The lowest BCUT2D eigenvalue weighted by Gasteiger charge is -1.96. The van der Waals surface area contributed by atoms with Crippen LogP contribution in [0.15, 0.2) is 24.8 Å². The van der Waals surface area contributed by atoms with Crippen LogP contribution < -0.4 is 0 Å². The van der Waals surface area contributed by atoms with Crippen molar-refractivity contribution in [2.75, 3.05) is 0 Å². The van der Waals surface area contributed by atoms with Gasteiger partial charge in [-0.1, -0.05) is 0 Å². The molecule has 6 nitrogen and oxygen atoms in total. The largest absolute Gasteiger partial charge is 0.477 e. The van der Waals surface area contributed by atoms with E-state index in [-0.39, 0.29) is 5.69 Å². The van der Waals surface area contributed by atoms with Gasteiger partial charge in [0, 0.05) is 18.8 Å². The number of nitrogens with zero attached hydrogens (tertiary/aromatic N) is 4. The maximum absolute atomic E-state index is 10.7. The van der Waals surface area contributed by atoms with Crippen molar-refractivity contribution in [2.24, 2.45) is 7.05 Å². The smallest absolute Gasteiger partial charge is 0.354 e. The molecule has 0 bridgehead atoms. The summed E-state index contributed by atoms with van der Waals surface area (Å²) in [6, 6.07) is 1.42. The highest BCUT2D eigenvalue weighted by atomic mass is 16.4. The summed E-state index contributed by atoms with van der Waals surface area (Å²) >= 11 is 0. The molecule has 0 saturated carbocycles. The molecule has 76 valence electrons. The minimum Gasteiger partial charge on any atom is -0.477 e. The van der Waals surface area contributed by atoms with Crippen LogP contribution in [0.2, 0.25) is 0 Å². The number of carbonyl (C=O) groups is 1. The van der Waals surface area contributed by atoms with Crippen LogP contribution in [0, 0.1) is 0 Å². The van der Waals surface area contributed by atoms with Crippen LogP contribution in [0.3, 0.4) is 0 Å². The van der Waals surface area contributed by atoms with E-state index in [4.69, 9.17) is 5.11 Å². The fraction of sp³-hybridized carbons (Fsp3) is 0.111. The molecule has 15 heavy (non-hydrogen) atoms. The Morgan fingerprint density at radius 3 is 2.87 bits per heavy atom. The molecular formula is C9H8N4O2. The van der Waals surface area contributed by atoms with E-state index in [9.17, 15) is 4.79 Å². The third-order valence-corrected chi connectivity index (χ3v) is 1.89. The number of hydrogen-bond donors (Lipinski definition) is 1. The summed E-state index contributed by atoms with van der Waals surface area (Å²) < 4.78 is 1.62. The second kappa shape index (κ2) is 3.49. The molecule has 0 aromatic carbocycles. The summed E-state index contributed by atoms with van der Waals surface area (Å²) in [5, 5.41) is 12.7. The Kier molecular flexibility index (Phi) is 2.17. The van der Waals surface area contributed by atoms with E-state index >= 15 is 0 Å². The molecule has 0 spiro atoms. The lowest BCUT2D eigenvalue weighted by Crippen LogP contribution is -2.00. The third kappa shape index (κ3) is 1.83. The van der Waals surface area contributed by atoms with E-state index in [2.05, 4.69) is 15.1 Å². The Labute approximate surface area is 85.2 Å². The molecule has 0 saturated heterocycles. The van der Waals surface area contributed by atoms with Crippen LogP contribution in [-0.4, -0.2) is 30.8 Å². The molecule has 2 aromatic rings. The number of carboxylic acid groups (broad SMARTS) is 1. The van der Waals surface area contributed by atoms with Gasteiger partial charge in [-0.05, 0) is 6.07 Å². The van der Waals surface area contributed by atoms with Crippen LogP contribution in [0.5, 0.6) is 0 Å². The number of aromatic carboxylic acids is 1. The van der Waals surface area contributed by atoms with Crippen molar-refractivity contribution in [2.45, 2.75) is 0 Å². The van der Waals surface area contributed by atoms with Crippen LogP contribution in [0.1, 0.15) is 10.5 Å². The normalized spacial score (nSPS) is 10.2. The highest BCUT2D eigenvalue weighted by Gasteiger charge is 2.08. The monoisotopic (exact) mass is 204 g/mol. The summed E-state index contributed by atoms with van der Waals surface area (Å²) in [6.07, 6.45) is 4.60. The zero-order valence-electron chi connectivity index (χ0n) is 7.95. The van der Waals surface area contributed by atoms with Gasteiger partial charge in [0.25, 0.3) is 0 Å². The first kappa shape index (κ1) is 9.32. The van der Waals surface area contributed by atoms with Gasteiger partial charge in [0.15, 0.2) is 5.69 Å². The summed E-state index contributed by atoms with van der Waals surface area (Å²) in [6.45, 7) is 0. The van der Waals surface area contributed by atoms with E-state index in [0.717, 1.165) is 5.56 Å². The summed E-state index contributed by atoms with van der Waals surface area (Å²) in [5.74, 6) is -1.07. The van der Waals surface area contributed by atoms with E-state index in [0.29, 0.717) is 5.69 Å². The van der Waals surface area contributed by atoms with Crippen LogP contribution in [0.25, 0.3) is 11.3 Å². The van der Waals surface area contributed by atoms with E-state index in [1.807, 2.05) is 0 Å². The second-order valence-electron chi connectivity index (χ2n) is 3.00. The first-order valence-corrected chi connectivity index (χ1v) is 4.21. The minimum absolute atomic E-state index is 0.0242. The quantitative estimate of drug-likeness (QED) is 0.773. The molecule has 6 heteroatoms. The number of aryl methyl sites for hydroxylation is 1. The molecule has 2 heterocycles. The average Bonchev–Trinajstić information content (AvgIpc) is 2.65. The van der Waals surface area contributed by atoms with Crippen molar-refractivity contribution in [1.82, 2.24) is 19.7 Å². The van der Waals surface area contributed by atoms with Crippen LogP contribution in [0.4, 0.5) is 0 Å². The van der Waals surface area contributed by atoms with Crippen molar-refractivity contribution in [3.05, 3.63) is 30.5 Å². The van der Waals surface area contributed by atoms with Gasteiger partial charge in [0.1, 0.15) is 6.33 Å². The average molecular weight is 204 g/mol. The number of hydrogen-bond acceptors (Lipinski definition) is 4. The summed E-state index contributed by atoms with van der Waals surface area (Å²) in [4.78, 5) is 18.3. The van der Waals surface area contributed by atoms with E-state index < -0.39 is 5.97 Å². The summed E-state index contributed by atoms with van der Waals surface area (Å²) in [5.41, 5.74) is 1.29. The molecule has 0 aliphatic carbocycles. The molecule has 0 aliphatic rings. The van der Waals surface area contributed by atoms with Crippen molar-refractivity contribution in [3.8, 4) is 11.3 Å². The van der Waals surface area contributed by atoms with E-state index in [1.165, 1.54) is 12.4 Å². The zero-order chi connectivity index (χ0) is 10.8. The van der Waals surface area contributed by atoms with Gasteiger partial charge in [-0.3, -0.25) is 4.68 Å². The van der Waals surface area contributed by atoms with Crippen molar-refractivity contribution >= 4 is 5.97 Å². The Morgan fingerprint density at radius 1 is 1.47 bits per heavy atom. The minimum atomic E-state index is -1.07. The Balaban J connectivity index is 2.45. The van der Waals surface area contributed by atoms with Crippen LogP contribution >= 0.6 is 0 Å². The molecule has 0 amide bonds. The first-order chi connectivity index (χ1) is 7.16. The number of carboxylic acids is 1. The number of aromatic nitrogens is 4. The molecule has 2 rings (SSSR count). The van der Waals surface area contributed by atoms with Crippen molar-refractivity contribution in [3.63, 3.8) is 0 Å². The van der Waals surface area contributed by atoms with Crippen LogP contribution in [-0.2, 0) is 7.05 Å². The predicted octanol–water partition coefficient (Wildman–Crippen LogP) is 0.575. The highest BCUT2D eigenvalue weighted by molar-refractivity contribution is 5.86. The van der Waals surface area contributed by atoms with Crippen molar-refractivity contribution < 1.29 is 9.90 Å². The van der Waals surface area contributed by atoms with Gasteiger partial charge < -0.3 is 5.11 Å². The molecule has 0 unspecified atom stereocenters. The Bertz CT molecular complexity index is 506. The van der Waals surface area contributed by atoms with Gasteiger partial charge in [-0.2, -0.15) is 5.10 Å². The molecule has 1 N–H and O–H groups in total. The maximum Gasteiger partial charge on any atom is 0.354 e. The molecule has 0 fully saturated rings. The highest BCUT2D eigenvalue weighted by Crippen LogP contribution is 2.15. The maximum atomic E-state index is 10.7. The van der Waals surface area contributed by atoms with Gasteiger partial charge >= 0.3 is 5.97 Å². The van der Waals surface area contributed by atoms with Gasteiger partial charge in [-0.25, -0.2) is 14.8 Å².